The van der Waals surface area contributed by atoms with Crippen LogP contribution in [0.4, 0.5) is 10.5 Å². The lowest BCUT2D eigenvalue weighted by Gasteiger charge is -2.04. The van der Waals surface area contributed by atoms with E-state index in [4.69, 9.17) is 0 Å². The summed E-state index contributed by atoms with van der Waals surface area (Å²) in [4.78, 5) is 11.6. The third kappa shape index (κ3) is 4.00. The zero-order valence-electron chi connectivity index (χ0n) is 10.8. The molecule has 0 aromatic heterocycles. The van der Waals surface area contributed by atoms with Crippen molar-refractivity contribution in [2.75, 3.05) is 5.32 Å². The Morgan fingerprint density at radius 2 is 1.68 bits per heavy atom. The predicted molar refractivity (Wildman–Crippen MR) is 78.8 cm³/mol. The highest BCUT2D eigenvalue weighted by molar-refractivity contribution is 5.90. The topological polar surface area (TPSA) is 41.1 Å². The predicted octanol–water partition coefficient (Wildman–Crippen LogP) is 3.79. The second-order valence-corrected chi connectivity index (χ2v) is 4.15. The van der Waals surface area contributed by atoms with E-state index in [1.807, 2.05) is 67.6 Å². The highest BCUT2D eigenvalue weighted by Crippen LogP contribution is 2.08. The third-order valence-electron chi connectivity index (χ3n) is 2.70. The first-order chi connectivity index (χ1) is 9.25. The number of amides is 2. The van der Waals surface area contributed by atoms with Gasteiger partial charge in [0.05, 0.1) is 0 Å². The van der Waals surface area contributed by atoms with Gasteiger partial charge in [0, 0.05) is 11.9 Å². The molecule has 2 amide bonds. The minimum atomic E-state index is -0.254. The van der Waals surface area contributed by atoms with Crippen molar-refractivity contribution in [1.29, 1.82) is 0 Å². The summed E-state index contributed by atoms with van der Waals surface area (Å²) in [7, 11) is 0. The van der Waals surface area contributed by atoms with E-state index in [0.717, 1.165) is 11.3 Å². The lowest BCUT2D eigenvalue weighted by atomic mass is 10.1. The van der Waals surface area contributed by atoms with Crippen LogP contribution in [0.15, 0.2) is 60.8 Å². The second kappa shape index (κ2) is 6.40. The molecule has 0 unspecified atom stereocenters. The van der Waals surface area contributed by atoms with Crippen LogP contribution in [0.5, 0.6) is 0 Å². The molecule has 0 fully saturated rings. The Hall–Kier alpha value is -2.55. The van der Waals surface area contributed by atoms with E-state index < -0.39 is 0 Å². The normalized spacial score (nSPS) is 10.4. The van der Waals surface area contributed by atoms with Crippen molar-refractivity contribution in [2.45, 2.75) is 6.92 Å². The van der Waals surface area contributed by atoms with Gasteiger partial charge in [0.1, 0.15) is 0 Å². The fraction of sp³-hybridized carbons (Fsp3) is 0.0625. The molecule has 0 saturated heterocycles. The molecule has 0 bridgehead atoms. The fourth-order valence-corrected chi connectivity index (χ4v) is 1.67. The van der Waals surface area contributed by atoms with E-state index >= 15 is 0 Å². The molecule has 2 N–H and O–H groups in total. The molecule has 2 rings (SSSR count). The van der Waals surface area contributed by atoms with Crippen LogP contribution in [-0.4, -0.2) is 6.03 Å². The van der Waals surface area contributed by atoms with E-state index in [1.165, 1.54) is 5.56 Å². The van der Waals surface area contributed by atoms with Crippen molar-refractivity contribution in [2.24, 2.45) is 0 Å². The van der Waals surface area contributed by atoms with Gasteiger partial charge in [-0.15, -0.1) is 0 Å². The molecule has 3 heteroatoms. The number of carbonyl (C=O) groups is 1. The van der Waals surface area contributed by atoms with Gasteiger partial charge >= 0.3 is 6.03 Å². The van der Waals surface area contributed by atoms with E-state index in [-0.39, 0.29) is 6.03 Å². The molecule has 0 aliphatic heterocycles. The van der Waals surface area contributed by atoms with Crippen molar-refractivity contribution in [3.63, 3.8) is 0 Å². The first kappa shape index (κ1) is 12.9. The number of hydrogen-bond donors (Lipinski definition) is 2. The van der Waals surface area contributed by atoms with Gasteiger partial charge in [0.2, 0.25) is 0 Å². The van der Waals surface area contributed by atoms with Crippen LogP contribution in [0, 0.1) is 6.92 Å². The Kier molecular flexibility index (Phi) is 4.34. The molecule has 3 nitrogen and oxygen atoms in total. The first-order valence-electron chi connectivity index (χ1n) is 6.10. The van der Waals surface area contributed by atoms with Gasteiger partial charge in [-0.2, -0.15) is 0 Å². The van der Waals surface area contributed by atoms with Gasteiger partial charge in [0.15, 0.2) is 0 Å². The van der Waals surface area contributed by atoms with Crippen LogP contribution in [-0.2, 0) is 0 Å². The molecule has 0 radical (unpaired) electrons. The number of urea groups is 1. The number of carbonyl (C=O) groups excluding carboxylic acids is 1. The molecule has 0 heterocycles. The van der Waals surface area contributed by atoms with Crippen molar-refractivity contribution < 1.29 is 4.79 Å². The number of nitrogens with one attached hydrogen (secondary N) is 2. The minimum Gasteiger partial charge on any atom is -0.314 e. The molecule has 0 saturated carbocycles. The Balaban J connectivity index is 1.89. The molecular weight excluding hydrogens is 236 g/mol. The number of benzene rings is 2. The van der Waals surface area contributed by atoms with Crippen molar-refractivity contribution >= 4 is 17.8 Å². The van der Waals surface area contributed by atoms with E-state index in [1.54, 1.807) is 6.20 Å². The summed E-state index contributed by atoms with van der Waals surface area (Å²) in [6.07, 6.45) is 3.51. The molecule has 96 valence electrons. The van der Waals surface area contributed by atoms with Crippen LogP contribution in [0.1, 0.15) is 11.1 Å². The van der Waals surface area contributed by atoms with Gasteiger partial charge in [-0.3, -0.25) is 0 Å². The highest BCUT2D eigenvalue weighted by Gasteiger charge is 1.97. The summed E-state index contributed by atoms with van der Waals surface area (Å²) < 4.78 is 0. The Labute approximate surface area is 113 Å². The van der Waals surface area contributed by atoms with Crippen LogP contribution >= 0.6 is 0 Å². The Morgan fingerprint density at radius 1 is 1.00 bits per heavy atom. The van der Waals surface area contributed by atoms with E-state index in [9.17, 15) is 4.79 Å². The molecule has 0 atom stereocenters. The zero-order valence-corrected chi connectivity index (χ0v) is 10.8. The van der Waals surface area contributed by atoms with Crippen LogP contribution in [0.2, 0.25) is 0 Å². The molecule has 19 heavy (non-hydrogen) atoms. The molecule has 0 aliphatic carbocycles. The maximum absolute atomic E-state index is 11.6. The first-order valence-corrected chi connectivity index (χ1v) is 6.10. The SMILES string of the molecule is Cc1ccccc1/C=C/NC(=O)Nc1ccccc1. The average molecular weight is 252 g/mol. The minimum absolute atomic E-state index is 0.254. The summed E-state index contributed by atoms with van der Waals surface area (Å²) in [6, 6.07) is 17.1. The average Bonchev–Trinajstić information content (AvgIpc) is 2.42. The standard InChI is InChI=1S/C16H16N2O/c1-13-7-5-6-8-14(13)11-12-17-16(19)18-15-9-3-2-4-10-15/h2-12H,1H3,(H2,17,18,19)/b12-11+. The van der Waals surface area contributed by atoms with Gasteiger partial charge in [-0.1, -0.05) is 42.5 Å². The van der Waals surface area contributed by atoms with Gasteiger partial charge in [0.25, 0.3) is 0 Å². The Morgan fingerprint density at radius 3 is 2.42 bits per heavy atom. The fourth-order valence-electron chi connectivity index (χ4n) is 1.67. The molecule has 2 aromatic carbocycles. The van der Waals surface area contributed by atoms with Crippen molar-refractivity contribution in [3.05, 3.63) is 71.9 Å². The number of anilines is 1. The van der Waals surface area contributed by atoms with Gasteiger partial charge in [-0.25, -0.2) is 4.79 Å². The lowest BCUT2D eigenvalue weighted by Crippen LogP contribution is -2.23. The van der Waals surface area contributed by atoms with E-state index in [2.05, 4.69) is 10.6 Å². The molecule has 0 spiro atoms. The van der Waals surface area contributed by atoms with Gasteiger partial charge < -0.3 is 10.6 Å². The highest BCUT2D eigenvalue weighted by atomic mass is 16.2. The third-order valence-corrected chi connectivity index (χ3v) is 2.70. The largest absolute Gasteiger partial charge is 0.323 e. The summed E-state index contributed by atoms with van der Waals surface area (Å²) in [5, 5.41) is 5.42. The number of rotatable bonds is 3. The smallest absolute Gasteiger partial charge is 0.314 e. The summed E-state index contributed by atoms with van der Waals surface area (Å²) >= 11 is 0. The number of hydrogen-bond acceptors (Lipinski definition) is 1. The summed E-state index contributed by atoms with van der Waals surface area (Å²) in [6.45, 7) is 2.03. The van der Waals surface area contributed by atoms with Crippen molar-refractivity contribution in [3.8, 4) is 0 Å². The second-order valence-electron chi connectivity index (χ2n) is 4.15. The maximum atomic E-state index is 11.6. The van der Waals surface area contributed by atoms with Crippen molar-refractivity contribution in [1.82, 2.24) is 5.32 Å². The van der Waals surface area contributed by atoms with E-state index in [0.29, 0.717) is 0 Å². The summed E-state index contributed by atoms with van der Waals surface area (Å²) in [5.74, 6) is 0. The zero-order chi connectivity index (χ0) is 13.5. The van der Waals surface area contributed by atoms with Crippen LogP contribution < -0.4 is 10.6 Å². The number of aryl methyl sites for hydroxylation is 1. The maximum Gasteiger partial charge on any atom is 0.323 e. The lowest BCUT2D eigenvalue weighted by molar-refractivity contribution is 0.255. The van der Waals surface area contributed by atoms with Crippen LogP contribution in [0.25, 0.3) is 6.08 Å². The van der Waals surface area contributed by atoms with Gasteiger partial charge in [-0.05, 0) is 36.3 Å². The van der Waals surface area contributed by atoms with Crippen LogP contribution in [0.3, 0.4) is 0 Å². The summed E-state index contributed by atoms with van der Waals surface area (Å²) in [5.41, 5.74) is 3.02. The quantitative estimate of drug-likeness (QED) is 0.857. The monoisotopic (exact) mass is 252 g/mol. The molecule has 0 aliphatic rings. The Bertz CT molecular complexity index is 576. The number of para-hydroxylation sites is 1. The molecule has 2 aromatic rings. The molecular formula is C16H16N2O.